The first-order valence-corrected chi connectivity index (χ1v) is 5.03. The van der Waals surface area contributed by atoms with Crippen molar-refractivity contribution < 1.29 is 29.3 Å². The lowest BCUT2D eigenvalue weighted by molar-refractivity contribution is -0.141. The number of rotatable bonds is 1. The van der Waals surface area contributed by atoms with E-state index in [4.69, 9.17) is 14.6 Å². The summed E-state index contributed by atoms with van der Waals surface area (Å²) < 4.78 is 10.4. The van der Waals surface area contributed by atoms with E-state index in [1.54, 1.807) is 0 Å². The van der Waals surface area contributed by atoms with Crippen molar-refractivity contribution in [3.63, 3.8) is 0 Å². The Morgan fingerprint density at radius 1 is 1.35 bits per heavy atom. The molecule has 6 heteroatoms. The van der Waals surface area contributed by atoms with Gasteiger partial charge >= 0.3 is 11.9 Å². The average molecular weight is 236 g/mol. The minimum absolute atomic E-state index is 0.0964. The van der Waals surface area contributed by atoms with Crippen LogP contribution in [-0.4, -0.2) is 28.3 Å². The maximum atomic E-state index is 11.1. The molecule has 2 heterocycles. The van der Waals surface area contributed by atoms with Crippen LogP contribution in [0.15, 0.2) is 12.1 Å². The Kier molecular flexibility index (Phi) is 1.83. The molecule has 1 aromatic rings. The highest BCUT2D eigenvalue weighted by molar-refractivity contribution is 5.94. The van der Waals surface area contributed by atoms with Crippen molar-refractivity contribution in [2.75, 3.05) is 0 Å². The number of aromatic hydroxyl groups is 1. The summed E-state index contributed by atoms with van der Waals surface area (Å²) >= 11 is 0. The van der Waals surface area contributed by atoms with Crippen LogP contribution >= 0.6 is 0 Å². The maximum absolute atomic E-state index is 11.1. The molecule has 2 unspecified atom stereocenters. The summed E-state index contributed by atoms with van der Waals surface area (Å²) in [5.74, 6) is -1.71. The van der Waals surface area contributed by atoms with E-state index < -0.39 is 24.1 Å². The van der Waals surface area contributed by atoms with E-state index in [9.17, 15) is 14.7 Å². The number of carboxylic acid groups (broad SMARTS) is 1. The Morgan fingerprint density at radius 3 is 2.82 bits per heavy atom. The van der Waals surface area contributed by atoms with Crippen LogP contribution in [0.5, 0.6) is 11.5 Å². The highest BCUT2D eigenvalue weighted by atomic mass is 16.6. The molecule has 6 nitrogen and oxygen atoms in total. The first-order chi connectivity index (χ1) is 8.08. The van der Waals surface area contributed by atoms with Gasteiger partial charge in [0.25, 0.3) is 0 Å². The van der Waals surface area contributed by atoms with E-state index in [0.717, 1.165) is 0 Å². The quantitative estimate of drug-likeness (QED) is 0.702. The van der Waals surface area contributed by atoms with Crippen LogP contribution in [-0.2, 0) is 9.53 Å². The predicted molar refractivity (Wildman–Crippen MR) is 52.9 cm³/mol. The summed E-state index contributed by atoms with van der Waals surface area (Å²) in [6.07, 6.45) is -1.12. The first kappa shape index (κ1) is 9.95. The largest absolute Gasteiger partial charge is 0.507 e. The minimum Gasteiger partial charge on any atom is -0.507 e. The highest BCUT2D eigenvalue weighted by Gasteiger charge is 2.47. The summed E-state index contributed by atoms with van der Waals surface area (Å²) in [6.45, 7) is 0. The fourth-order valence-corrected chi connectivity index (χ4v) is 2.25. The SMILES string of the molecule is O=C1CC2Oc3ccc(O)c(C(=O)O)c3C2O1. The van der Waals surface area contributed by atoms with E-state index >= 15 is 0 Å². The number of aromatic carboxylic acids is 1. The molecule has 88 valence electrons. The van der Waals surface area contributed by atoms with Crippen molar-refractivity contribution in [3.05, 3.63) is 23.3 Å². The zero-order valence-electron chi connectivity index (χ0n) is 8.54. The first-order valence-electron chi connectivity index (χ1n) is 5.03. The number of fused-ring (bicyclic) bond motifs is 3. The van der Waals surface area contributed by atoms with Gasteiger partial charge in [-0.2, -0.15) is 0 Å². The second-order valence-electron chi connectivity index (χ2n) is 3.95. The van der Waals surface area contributed by atoms with Gasteiger partial charge in [0.2, 0.25) is 0 Å². The molecule has 0 bridgehead atoms. The summed E-state index contributed by atoms with van der Waals surface area (Å²) in [6, 6.07) is 2.73. The standard InChI is InChI=1S/C11H8O6/c12-4-1-2-5-9(8(4)11(14)15)10-6(16-5)3-7(13)17-10/h1-2,6,10,12H,3H2,(H,14,15). The molecule has 1 aromatic carbocycles. The molecule has 2 aliphatic heterocycles. The summed E-state index contributed by atoms with van der Waals surface area (Å²) in [7, 11) is 0. The molecule has 1 saturated heterocycles. The maximum Gasteiger partial charge on any atom is 0.340 e. The van der Waals surface area contributed by atoms with Crippen molar-refractivity contribution in [1.29, 1.82) is 0 Å². The number of carboxylic acids is 1. The molecular weight excluding hydrogens is 228 g/mol. The van der Waals surface area contributed by atoms with Gasteiger partial charge in [0.15, 0.2) is 12.2 Å². The molecule has 2 N–H and O–H groups in total. The molecule has 0 spiro atoms. The smallest absolute Gasteiger partial charge is 0.340 e. The fraction of sp³-hybridized carbons (Fsp3) is 0.273. The third-order valence-electron chi connectivity index (χ3n) is 2.92. The van der Waals surface area contributed by atoms with Crippen molar-refractivity contribution in [3.8, 4) is 11.5 Å². The second kappa shape index (κ2) is 3.13. The van der Waals surface area contributed by atoms with E-state index in [1.807, 2.05) is 0 Å². The zero-order chi connectivity index (χ0) is 12.2. The second-order valence-corrected chi connectivity index (χ2v) is 3.95. The van der Waals surface area contributed by atoms with Crippen molar-refractivity contribution in [2.24, 2.45) is 0 Å². The van der Waals surface area contributed by atoms with Gasteiger partial charge in [0.1, 0.15) is 17.1 Å². The Morgan fingerprint density at radius 2 is 2.12 bits per heavy atom. The molecule has 0 amide bonds. The number of ether oxygens (including phenoxy) is 2. The van der Waals surface area contributed by atoms with Crippen LogP contribution in [0.3, 0.4) is 0 Å². The summed E-state index contributed by atoms with van der Waals surface area (Å²) in [5, 5.41) is 18.6. The van der Waals surface area contributed by atoms with Crippen molar-refractivity contribution in [2.45, 2.75) is 18.6 Å². The number of hydrogen-bond donors (Lipinski definition) is 2. The van der Waals surface area contributed by atoms with Gasteiger partial charge in [-0.3, -0.25) is 4.79 Å². The Balaban J connectivity index is 2.18. The third-order valence-corrected chi connectivity index (χ3v) is 2.92. The van der Waals surface area contributed by atoms with Gasteiger partial charge in [-0.05, 0) is 12.1 Å². The third kappa shape index (κ3) is 1.27. The van der Waals surface area contributed by atoms with Crippen LogP contribution < -0.4 is 4.74 Å². The number of benzene rings is 1. The highest BCUT2D eigenvalue weighted by Crippen LogP contribution is 2.47. The molecule has 17 heavy (non-hydrogen) atoms. The molecule has 2 atom stereocenters. The van der Waals surface area contributed by atoms with Crippen LogP contribution in [0.1, 0.15) is 28.4 Å². The molecule has 2 aliphatic rings. The molecule has 0 aliphatic carbocycles. The lowest BCUT2D eigenvalue weighted by Crippen LogP contribution is -2.13. The summed E-state index contributed by atoms with van der Waals surface area (Å²) in [4.78, 5) is 22.2. The summed E-state index contributed by atoms with van der Waals surface area (Å²) in [5.41, 5.74) is -0.0157. The lowest BCUT2D eigenvalue weighted by atomic mass is 9.99. The minimum atomic E-state index is -1.27. The number of carbonyl (C=O) groups excluding carboxylic acids is 1. The number of carbonyl (C=O) groups is 2. The van der Waals surface area contributed by atoms with E-state index in [0.29, 0.717) is 5.75 Å². The van der Waals surface area contributed by atoms with Crippen molar-refractivity contribution >= 4 is 11.9 Å². The van der Waals surface area contributed by atoms with E-state index in [-0.39, 0.29) is 23.3 Å². The number of hydrogen-bond acceptors (Lipinski definition) is 5. The van der Waals surface area contributed by atoms with E-state index in [2.05, 4.69) is 0 Å². The Bertz CT molecular complexity index is 535. The lowest BCUT2D eigenvalue weighted by Gasteiger charge is -2.09. The van der Waals surface area contributed by atoms with Gasteiger partial charge in [-0.1, -0.05) is 0 Å². The monoisotopic (exact) mass is 236 g/mol. The predicted octanol–water partition coefficient (Wildman–Crippen LogP) is 0.839. The van der Waals surface area contributed by atoms with Gasteiger partial charge in [0, 0.05) is 0 Å². The number of esters is 1. The molecule has 3 rings (SSSR count). The average Bonchev–Trinajstić information content (AvgIpc) is 2.74. The van der Waals surface area contributed by atoms with Crippen LogP contribution in [0, 0.1) is 0 Å². The Hall–Kier alpha value is -2.24. The van der Waals surface area contributed by atoms with E-state index in [1.165, 1.54) is 12.1 Å². The molecule has 0 aromatic heterocycles. The molecular formula is C11H8O6. The van der Waals surface area contributed by atoms with Gasteiger partial charge in [-0.15, -0.1) is 0 Å². The van der Waals surface area contributed by atoms with Crippen LogP contribution in [0.4, 0.5) is 0 Å². The molecule has 0 radical (unpaired) electrons. The van der Waals surface area contributed by atoms with Gasteiger partial charge in [-0.25, -0.2) is 4.79 Å². The van der Waals surface area contributed by atoms with Crippen LogP contribution in [0.25, 0.3) is 0 Å². The fourth-order valence-electron chi connectivity index (χ4n) is 2.25. The van der Waals surface area contributed by atoms with Gasteiger partial charge in [0.05, 0.1) is 12.0 Å². The Labute approximate surface area is 95.4 Å². The van der Waals surface area contributed by atoms with Gasteiger partial charge < -0.3 is 19.7 Å². The molecule has 1 fully saturated rings. The topological polar surface area (TPSA) is 93.1 Å². The molecule has 0 saturated carbocycles. The van der Waals surface area contributed by atoms with Crippen LogP contribution in [0.2, 0.25) is 0 Å². The van der Waals surface area contributed by atoms with Crippen molar-refractivity contribution in [1.82, 2.24) is 0 Å². The zero-order valence-corrected chi connectivity index (χ0v) is 8.54. The normalized spacial score (nSPS) is 24.8. The number of phenols is 1.